The van der Waals surface area contributed by atoms with Crippen molar-refractivity contribution < 1.29 is 9.59 Å². The second-order valence-electron chi connectivity index (χ2n) is 4.44. The van der Waals surface area contributed by atoms with E-state index in [9.17, 15) is 9.59 Å². The fraction of sp³-hybridized carbons (Fsp3) is 0.0667. The van der Waals surface area contributed by atoms with E-state index in [2.05, 4.69) is 31.9 Å². The van der Waals surface area contributed by atoms with E-state index in [1.807, 2.05) is 13.0 Å². The SMILES string of the molecule is Cc1cc(Br)c2c(c1Br)C(=O)c1ccccc1C2=O. The van der Waals surface area contributed by atoms with Gasteiger partial charge in [0.1, 0.15) is 0 Å². The van der Waals surface area contributed by atoms with Crippen LogP contribution < -0.4 is 0 Å². The van der Waals surface area contributed by atoms with Gasteiger partial charge < -0.3 is 0 Å². The van der Waals surface area contributed by atoms with Crippen LogP contribution in [0.5, 0.6) is 0 Å². The Hall–Kier alpha value is -1.26. The molecule has 0 spiro atoms. The highest BCUT2D eigenvalue weighted by Crippen LogP contribution is 2.37. The topological polar surface area (TPSA) is 34.1 Å². The monoisotopic (exact) mass is 378 g/mol. The molecule has 0 saturated heterocycles. The first kappa shape index (κ1) is 12.8. The van der Waals surface area contributed by atoms with Gasteiger partial charge in [0.05, 0.1) is 0 Å². The van der Waals surface area contributed by atoms with Crippen LogP contribution in [0.25, 0.3) is 0 Å². The third-order valence-electron chi connectivity index (χ3n) is 3.27. The van der Waals surface area contributed by atoms with Gasteiger partial charge in [-0.2, -0.15) is 0 Å². The molecule has 0 unspecified atom stereocenters. The standard InChI is InChI=1S/C15H8Br2O2/c1-7-6-10(16)11-12(13(7)17)15(19)9-5-3-2-4-8(9)14(11)18/h2-6H,1H3. The number of hydrogen-bond acceptors (Lipinski definition) is 2. The van der Waals surface area contributed by atoms with Gasteiger partial charge in [-0.15, -0.1) is 0 Å². The zero-order valence-corrected chi connectivity index (χ0v) is 13.1. The number of rotatable bonds is 0. The van der Waals surface area contributed by atoms with Gasteiger partial charge in [-0.1, -0.05) is 24.3 Å². The normalized spacial score (nSPS) is 13.2. The molecule has 2 aromatic rings. The van der Waals surface area contributed by atoms with Crippen molar-refractivity contribution in [1.29, 1.82) is 0 Å². The van der Waals surface area contributed by atoms with E-state index < -0.39 is 0 Å². The number of aryl methyl sites for hydroxylation is 1. The van der Waals surface area contributed by atoms with E-state index >= 15 is 0 Å². The lowest BCUT2D eigenvalue weighted by atomic mass is 9.83. The summed E-state index contributed by atoms with van der Waals surface area (Å²) in [5.41, 5.74) is 2.76. The third-order valence-corrected chi connectivity index (χ3v) is 4.92. The number of halogens is 2. The lowest BCUT2D eigenvalue weighted by molar-refractivity contribution is 0.0978. The largest absolute Gasteiger partial charge is 0.289 e. The van der Waals surface area contributed by atoms with Crippen molar-refractivity contribution in [2.45, 2.75) is 6.92 Å². The van der Waals surface area contributed by atoms with Gasteiger partial charge in [0, 0.05) is 31.2 Å². The molecule has 0 heterocycles. The Labute approximate surface area is 127 Å². The van der Waals surface area contributed by atoms with E-state index in [4.69, 9.17) is 0 Å². The Morgan fingerprint density at radius 1 is 0.895 bits per heavy atom. The summed E-state index contributed by atoms with van der Waals surface area (Å²) in [6.45, 7) is 1.90. The first-order valence-corrected chi connectivity index (χ1v) is 7.28. The molecule has 1 aliphatic carbocycles. The van der Waals surface area contributed by atoms with Gasteiger partial charge in [-0.05, 0) is 50.4 Å². The molecule has 0 bridgehead atoms. The molecule has 2 nitrogen and oxygen atoms in total. The van der Waals surface area contributed by atoms with Crippen LogP contribution in [0.2, 0.25) is 0 Å². The molecule has 3 rings (SSSR count). The third kappa shape index (κ3) is 1.74. The minimum absolute atomic E-state index is 0.110. The van der Waals surface area contributed by atoms with Crippen LogP contribution in [0.3, 0.4) is 0 Å². The van der Waals surface area contributed by atoms with E-state index in [0.717, 1.165) is 5.56 Å². The first-order valence-electron chi connectivity index (χ1n) is 5.69. The van der Waals surface area contributed by atoms with Gasteiger partial charge in [-0.25, -0.2) is 0 Å². The number of ketones is 2. The zero-order valence-electron chi connectivity index (χ0n) is 9.96. The Kier molecular flexibility index (Phi) is 2.95. The first-order chi connectivity index (χ1) is 9.02. The molecule has 0 aliphatic heterocycles. The molecule has 94 valence electrons. The predicted octanol–water partition coefficient (Wildman–Crippen LogP) is 4.30. The van der Waals surface area contributed by atoms with Crippen molar-refractivity contribution in [1.82, 2.24) is 0 Å². The van der Waals surface area contributed by atoms with Gasteiger partial charge in [0.15, 0.2) is 11.6 Å². The average molecular weight is 380 g/mol. The Morgan fingerprint density at radius 2 is 1.42 bits per heavy atom. The summed E-state index contributed by atoms with van der Waals surface area (Å²) in [5.74, 6) is -0.223. The lowest BCUT2D eigenvalue weighted by Gasteiger charge is -2.20. The van der Waals surface area contributed by atoms with Crippen molar-refractivity contribution in [2.75, 3.05) is 0 Å². The van der Waals surface area contributed by atoms with Crippen molar-refractivity contribution in [3.63, 3.8) is 0 Å². The quantitative estimate of drug-likeness (QED) is 0.583. The number of hydrogen-bond donors (Lipinski definition) is 0. The highest BCUT2D eigenvalue weighted by Gasteiger charge is 2.33. The summed E-state index contributed by atoms with van der Waals surface area (Å²) in [6.07, 6.45) is 0. The minimum Gasteiger partial charge on any atom is -0.289 e. The van der Waals surface area contributed by atoms with Crippen LogP contribution in [0.4, 0.5) is 0 Å². The van der Waals surface area contributed by atoms with Gasteiger partial charge in [0.25, 0.3) is 0 Å². The summed E-state index contributed by atoms with van der Waals surface area (Å²) in [7, 11) is 0. The number of fused-ring (bicyclic) bond motifs is 2. The summed E-state index contributed by atoms with van der Waals surface area (Å²) in [5, 5.41) is 0. The molecule has 0 fully saturated rings. The predicted molar refractivity (Wildman–Crippen MR) is 79.9 cm³/mol. The molecule has 4 heteroatoms. The molecular weight excluding hydrogens is 372 g/mol. The number of carbonyl (C=O) groups is 2. The fourth-order valence-electron chi connectivity index (χ4n) is 2.34. The molecule has 0 atom stereocenters. The van der Waals surface area contributed by atoms with Crippen molar-refractivity contribution in [2.24, 2.45) is 0 Å². The molecule has 0 radical (unpaired) electrons. The van der Waals surface area contributed by atoms with Crippen molar-refractivity contribution in [3.05, 3.63) is 67.1 Å². The smallest absolute Gasteiger partial charge is 0.195 e. The molecule has 0 N–H and O–H groups in total. The summed E-state index contributed by atoms with van der Waals surface area (Å²) in [4.78, 5) is 25.1. The van der Waals surface area contributed by atoms with E-state index in [0.29, 0.717) is 31.2 Å². The molecule has 0 saturated carbocycles. The van der Waals surface area contributed by atoms with Crippen LogP contribution in [0, 0.1) is 6.92 Å². The molecular formula is C15H8Br2O2. The van der Waals surface area contributed by atoms with Crippen molar-refractivity contribution >= 4 is 43.4 Å². The Bertz CT molecular complexity index is 748. The average Bonchev–Trinajstić information content (AvgIpc) is 2.40. The molecule has 19 heavy (non-hydrogen) atoms. The van der Waals surface area contributed by atoms with Gasteiger partial charge >= 0.3 is 0 Å². The summed E-state index contributed by atoms with van der Waals surface area (Å²) >= 11 is 6.82. The number of benzene rings is 2. The van der Waals surface area contributed by atoms with Crippen LogP contribution in [-0.2, 0) is 0 Å². The highest BCUT2D eigenvalue weighted by atomic mass is 79.9. The maximum atomic E-state index is 12.6. The molecule has 2 aromatic carbocycles. The second-order valence-corrected chi connectivity index (χ2v) is 6.09. The highest BCUT2D eigenvalue weighted by molar-refractivity contribution is 9.11. The summed E-state index contributed by atoms with van der Waals surface area (Å²) < 4.78 is 1.36. The maximum Gasteiger partial charge on any atom is 0.195 e. The maximum absolute atomic E-state index is 12.6. The molecule has 1 aliphatic rings. The van der Waals surface area contributed by atoms with E-state index in [1.54, 1.807) is 24.3 Å². The van der Waals surface area contributed by atoms with Crippen LogP contribution in [0.1, 0.15) is 37.4 Å². The second kappa shape index (κ2) is 4.39. The lowest BCUT2D eigenvalue weighted by Crippen LogP contribution is -2.22. The molecule has 0 aromatic heterocycles. The van der Waals surface area contributed by atoms with Crippen LogP contribution >= 0.6 is 31.9 Å². The zero-order chi connectivity index (χ0) is 13.7. The van der Waals surface area contributed by atoms with Gasteiger partial charge in [-0.3, -0.25) is 9.59 Å². The van der Waals surface area contributed by atoms with Crippen molar-refractivity contribution in [3.8, 4) is 0 Å². The fourth-order valence-corrected chi connectivity index (χ4v) is 3.55. The Morgan fingerprint density at radius 3 is 2.00 bits per heavy atom. The minimum atomic E-state index is -0.113. The summed E-state index contributed by atoms with van der Waals surface area (Å²) in [6, 6.07) is 8.78. The van der Waals surface area contributed by atoms with E-state index in [-0.39, 0.29) is 11.6 Å². The number of carbonyl (C=O) groups excluding carboxylic acids is 2. The van der Waals surface area contributed by atoms with Crippen LogP contribution in [0.15, 0.2) is 39.3 Å². The van der Waals surface area contributed by atoms with E-state index in [1.165, 1.54) is 0 Å². The van der Waals surface area contributed by atoms with Gasteiger partial charge in [0.2, 0.25) is 0 Å². The van der Waals surface area contributed by atoms with Crippen LogP contribution in [-0.4, -0.2) is 11.6 Å². The Balaban J connectivity index is 2.43. The molecule has 0 amide bonds.